The predicted octanol–water partition coefficient (Wildman–Crippen LogP) is 4.19. The van der Waals surface area contributed by atoms with Crippen molar-refractivity contribution in [2.24, 2.45) is 11.7 Å². The Morgan fingerprint density at radius 2 is 1.61 bits per heavy atom. The van der Waals surface area contributed by atoms with Gasteiger partial charge in [-0.15, -0.1) is 0 Å². The number of likely N-dealkylation sites (tertiary alicyclic amines) is 1. The number of hydrogen-bond acceptors (Lipinski definition) is 3. The maximum Gasteiger partial charge on any atom is 0.404 e. The van der Waals surface area contributed by atoms with Crippen molar-refractivity contribution in [2.45, 2.75) is 65.1 Å². The van der Waals surface area contributed by atoms with E-state index in [-0.39, 0.29) is 11.1 Å². The van der Waals surface area contributed by atoms with Gasteiger partial charge in [-0.1, -0.05) is 37.3 Å². The van der Waals surface area contributed by atoms with Gasteiger partial charge < -0.3 is 10.5 Å². The van der Waals surface area contributed by atoms with Crippen LogP contribution >= 0.6 is 0 Å². The first-order valence-electron chi connectivity index (χ1n) is 8.23. The van der Waals surface area contributed by atoms with Crippen LogP contribution in [0.4, 0.5) is 4.79 Å². The molecular weight excluding hydrogens is 288 g/mol. The number of piperidine rings is 1. The van der Waals surface area contributed by atoms with E-state index in [9.17, 15) is 4.79 Å². The van der Waals surface area contributed by atoms with Gasteiger partial charge in [0.15, 0.2) is 0 Å². The number of amides is 1. The Hall–Kier alpha value is -1.55. The van der Waals surface area contributed by atoms with Crippen molar-refractivity contribution in [3.63, 3.8) is 0 Å². The number of benzene rings is 1. The van der Waals surface area contributed by atoms with E-state index in [1.54, 1.807) is 0 Å². The summed E-state index contributed by atoms with van der Waals surface area (Å²) in [5.41, 5.74) is 6.43. The van der Waals surface area contributed by atoms with Crippen LogP contribution in [-0.2, 0) is 11.3 Å². The van der Waals surface area contributed by atoms with Crippen molar-refractivity contribution < 1.29 is 9.53 Å². The second-order valence-corrected chi connectivity index (χ2v) is 7.73. The zero-order valence-electron chi connectivity index (χ0n) is 15.4. The van der Waals surface area contributed by atoms with Crippen molar-refractivity contribution in [1.82, 2.24) is 4.90 Å². The van der Waals surface area contributed by atoms with Gasteiger partial charge in [-0.2, -0.15) is 0 Å². The Bertz CT molecular complexity index is 479. The summed E-state index contributed by atoms with van der Waals surface area (Å²) in [6.45, 7) is 13.0. The maximum absolute atomic E-state index is 9.37. The van der Waals surface area contributed by atoms with E-state index >= 15 is 0 Å². The van der Waals surface area contributed by atoms with Crippen molar-refractivity contribution in [1.29, 1.82) is 0 Å². The standard InChI is InChI=1S/C17H27N.C2H5NO2/c1-14-11-16(2,3)18(17(4,5)12-14)13-15-9-7-6-8-10-15;1-5-2(3)4/h6-10,14H,11-13H2,1-5H3;1H3,(H2,3,4). The molecule has 2 N–H and O–H groups in total. The molecule has 1 fully saturated rings. The molecule has 0 unspecified atom stereocenters. The number of carbonyl (C=O) groups is 1. The second-order valence-electron chi connectivity index (χ2n) is 7.73. The first kappa shape index (κ1) is 19.5. The molecule has 0 spiro atoms. The van der Waals surface area contributed by atoms with Gasteiger partial charge in [-0.25, -0.2) is 4.79 Å². The molecule has 1 aliphatic rings. The fourth-order valence-corrected chi connectivity index (χ4v) is 4.01. The molecule has 1 saturated heterocycles. The molecule has 4 nitrogen and oxygen atoms in total. The molecule has 1 heterocycles. The summed E-state index contributed by atoms with van der Waals surface area (Å²) in [6.07, 6.45) is 1.84. The Morgan fingerprint density at radius 3 is 2.00 bits per heavy atom. The summed E-state index contributed by atoms with van der Waals surface area (Å²) in [7, 11) is 1.22. The highest BCUT2D eigenvalue weighted by molar-refractivity contribution is 5.64. The highest BCUT2D eigenvalue weighted by Crippen LogP contribution is 2.41. The summed E-state index contributed by atoms with van der Waals surface area (Å²) in [4.78, 5) is 12.1. The minimum atomic E-state index is -0.745. The molecule has 0 aliphatic carbocycles. The monoisotopic (exact) mass is 320 g/mol. The third kappa shape index (κ3) is 5.87. The molecule has 1 aromatic carbocycles. The Morgan fingerprint density at radius 1 is 1.17 bits per heavy atom. The first-order chi connectivity index (χ1) is 10.6. The molecular formula is C19H32N2O2. The fraction of sp³-hybridized carbons (Fsp3) is 0.632. The number of primary amides is 1. The van der Waals surface area contributed by atoms with Gasteiger partial charge in [-0.3, -0.25) is 4.90 Å². The van der Waals surface area contributed by atoms with Gasteiger partial charge in [0.1, 0.15) is 0 Å². The van der Waals surface area contributed by atoms with Crippen molar-refractivity contribution >= 4 is 6.09 Å². The first-order valence-corrected chi connectivity index (χ1v) is 8.23. The lowest BCUT2D eigenvalue weighted by atomic mass is 9.74. The summed E-state index contributed by atoms with van der Waals surface area (Å²) in [6, 6.07) is 10.9. The smallest absolute Gasteiger partial charge is 0.404 e. The molecule has 0 atom stereocenters. The van der Waals surface area contributed by atoms with Gasteiger partial charge >= 0.3 is 6.09 Å². The molecule has 23 heavy (non-hydrogen) atoms. The highest BCUT2D eigenvalue weighted by Gasteiger charge is 2.43. The summed E-state index contributed by atoms with van der Waals surface area (Å²) in [5, 5.41) is 0. The number of rotatable bonds is 2. The van der Waals surface area contributed by atoms with Crippen LogP contribution in [0.15, 0.2) is 30.3 Å². The van der Waals surface area contributed by atoms with Gasteiger partial charge in [0, 0.05) is 17.6 Å². The van der Waals surface area contributed by atoms with E-state index in [0.29, 0.717) is 0 Å². The summed E-state index contributed by atoms with van der Waals surface area (Å²) in [5.74, 6) is 0.821. The third-order valence-corrected chi connectivity index (χ3v) is 4.54. The van der Waals surface area contributed by atoms with Gasteiger partial charge in [0.25, 0.3) is 0 Å². The maximum atomic E-state index is 9.37. The third-order valence-electron chi connectivity index (χ3n) is 4.54. The average molecular weight is 320 g/mol. The van der Waals surface area contributed by atoms with Crippen LogP contribution in [0.1, 0.15) is 53.0 Å². The van der Waals surface area contributed by atoms with Crippen LogP contribution in [0.2, 0.25) is 0 Å². The minimum Gasteiger partial charge on any atom is -0.453 e. The second kappa shape index (κ2) is 7.82. The molecule has 1 amide bonds. The Balaban J connectivity index is 0.000000463. The zero-order valence-corrected chi connectivity index (χ0v) is 15.4. The number of nitrogens with two attached hydrogens (primary N) is 1. The lowest BCUT2D eigenvalue weighted by Crippen LogP contribution is -2.59. The number of nitrogens with zero attached hydrogens (tertiary/aromatic N) is 1. The molecule has 1 aromatic rings. The number of hydrogen-bond donors (Lipinski definition) is 1. The highest BCUT2D eigenvalue weighted by atomic mass is 16.5. The van der Waals surface area contributed by atoms with E-state index in [1.165, 1.54) is 25.5 Å². The topological polar surface area (TPSA) is 55.6 Å². The van der Waals surface area contributed by atoms with E-state index < -0.39 is 6.09 Å². The van der Waals surface area contributed by atoms with E-state index in [4.69, 9.17) is 0 Å². The molecule has 0 aromatic heterocycles. The summed E-state index contributed by atoms with van der Waals surface area (Å²) >= 11 is 0. The fourth-order valence-electron chi connectivity index (χ4n) is 4.01. The van der Waals surface area contributed by atoms with Crippen LogP contribution in [-0.4, -0.2) is 29.2 Å². The quantitative estimate of drug-likeness (QED) is 0.889. The number of ether oxygens (including phenoxy) is 1. The van der Waals surface area contributed by atoms with E-state index in [2.05, 4.69) is 80.3 Å². The van der Waals surface area contributed by atoms with Crippen LogP contribution in [0.25, 0.3) is 0 Å². The van der Waals surface area contributed by atoms with Crippen molar-refractivity contribution in [3.8, 4) is 0 Å². The van der Waals surface area contributed by atoms with Crippen LogP contribution < -0.4 is 5.73 Å². The van der Waals surface area contributed by atoms with Gasteiger partial charge in [0.2, 0.25) is 0 Å². The number of carbonyl (C=O) groups excluding carboxylic acids is 1. The lowest BCUT2D eigenvalue weighted by Gasteiger charge is -2.55. The SMILES string of the molecule is CC1CC(C)(C)N(Cc2ccccc2)C(C)(C)C1.COC(N)=O. The van der Waals surface area contributed by atoms with Crippen molar-refractivity contribution in [3.05, 3.63) is 35.9 Å². The number of methoxy groups -OCH3 is 1. The van der Waals surface area contributed by atoms with Crippen LogP contribution in [0, 0.1) is 5.92 Å². The molecule has 4 heteroatoms. The summed E-state index contributed by atoms with van der Waals surface area (Å²) < 4.78 is 3.89. The van der Waals surface area contributed by atoms with Crippen LogP contribution in [0.5, 0.6) is 0 Å². The predicted molar refractivity (Wildman–Crippen MR) is 95.1 cm³/mol. The minimum absolute atomic E-state index is 0.289. The molecule has 0 radical (unpaired) electrons. The molecule has 130 valence electrons. The molecule has 0 bridgehead atoms. The van der Waals surface area contributed by atoms with Gasteiger partial charge in [0.05, 0.1) is 7.11 Å². The Labute approximate surface area is 141 Å². The van der Waals surface area contributed by atoms with E-state index in [1.807, 2.05) is 0 Å². The largest absolute Gasteiger partial charge is 0.453 e. The zero-order chi connectivity index (χ0) is 17.7. The molecule has 0 saturated carbocycles. The lowest BCUT2D eigenvalue weighted by molar-refractivity contribution is -0.0545. The average Bonchev–Trinajstić information content (AvgIpc) is 2.43. The van der Waals surface area contributed by atoms with Gasteiger partial charge in [-0.05, 0) is 52.0 Å². The molecule has 2 rings (SSSR count). The van der Waals surface area contributed by atoms with E-state index in [0.717, 1.165) is 12.5 Å². The Kier molecular flexibility index (Phi) is 6.63. The normalized spacial score (nSPS) is 20.3. The molecule has 1 aliphatic heterocycles. The van der Waals surface area contributed by atoms with Crippen LogP contribution in [0.3, 0.4) is 0 Å². The van der Waals surface area contributed by atoms with Crippen molar-refractivity contribution in [2.75, 3.05) is 7.11 Å².